The van der Waals surface area contributed by atoms with Crippen molar-refractivity contribution in [3.8, 4) is 0 Å². The number of nitrogens with one attached hydrogen (secondary N) is 3. The number of furan rings is 1. The van der Waals surface area contributed by atoms with Gasteiger partial charge in [0.1, 0.15) is 10.8 Å². The fraction of sp³-hybridized carbons (Fsp3) is 0.438. The molecule has 130 valence electrons. The molecule has 0 saturated carbocycles. The van der Waals surface area contributed by atoms with Gasteiger partial charge in [-0.15, -0.1) is 11.3 Å². The lowest BCUT2D eigenvalue weighted by Crippen LogP contribution is -2.42. The van der Waals surface area contributed by atoms with Crippen LogP contribution in [-0.4, -0.2) is 30.4 Å². The Labute approximate surface area is 145 Å². The van der Waals surface area contributed by atoms with Crippen molar-refractivity contribution in [1.82, 2.24) is 20.9 Å². The second-order valence-corrected chi connectivity index (χ2v) is 6.40. The first-order chi connectivity index (χ1) is 11.6. The molecule has 0 bridgehead atoms. The van der Waals surface area contributed by atoms with Crippen LogP contribution in [0.15, 0.2) is 33.2 Å². The van der Waals surface area contributed by atoms with Crippen LogP contribution in [0.2, 0.25) is 0 Å². The van der Waals surface area contributed by atoms with E-state index in [-0.39, 0.29) is 12.5 Å². The SMILES string of the molecule is CN=C(NCC(=O)NCc1ccco1)NCc1nc(C(C)C)cs1. The van der Waals surface area contributed by atoms with E-state index in [9.17, 15) is 4.79 Å². The van der Waals surface area contributed by atoms with Gasteiger partial charge >= 0.3 is 0 Å². The molecule has 0 fully saturated rings. The van der Waals surface area contributed by atoms with Crippen LogP contribution >= 0.6 is 11.3 Å². The third-order valence-electron chi connectivity index (χ3n) is 3.25. The van der Waals surface area contributed by atoms with Crippen LogP contribution in [0.25, 0.3) is 0 Å². The molecule has 2 aromatic rings. The van der Waals surface area contributed by atoms with Gasteiger partial charge in [0, 0.05) is 12.4 Å². The number of nitrogens with zero attached hydrogens (tertiary/aromatic N) is 2. The number of thiazole rings is 1. The zero-order chi connectivity index (χ0) is 17.4. The van der Waals surface area contributed by atoms with Crippen LogP contribution < -0.4 is 16.0 Å². The van der Waals surface area contributed by atoms with Crippen molar-refractivity contribution in [2.24, 2.45) is 4.99 Å². The number of hydrogen-bond donors (Lipinski definition) is 3. The summed E-state index contributed by atoms with van der Waals surface area (Å²) >= 11 is 1.62. The van der Waals surface area contributed by atoms with E-state index in [0.29, 0.717) is 25.0 Å². The first kappa shape index (κ1) is 18.0. The zero-order valence-electron chi connectivity index (χ0n) is 14.1. The van der Waals surface area contributed by atoms with Crippen molar-refractivity contribution >= 4 is 23.2 Å². The van der Waals surface area contributed by atoms with Gasteiger partial charge < -0.3 is 20.4 Å². The molecule has 0 aliphatic rings. The minimum atomic E-state index is -0.134. The number of aromatic nitrogens is 1. The van der Waals surface area contributed by atoms with Crippen molar-refractivity contribution < 1.29 is 9.21 Å². The normalized spacial score (nSPS) is 11.6. The quantitative estimate of drug-likeness (QED) is 0.524. The number of rotatable bonds is 7. The Morgan fingerprint density at radius 3 is 2.79 bits per heavy atom. The van der Waals surface area contributed by atoms with Gasteiger partial charge in [0.05, 0.1) is 31.6 Å². The minimum absolute atomic E-state index is 0.134. The molecule has 0 spiro atoms. The van der Waals surface area contributed by atoms with Crippen molar-refractivity contribution in [2.75, 3.05) is 13.6 Å². The summed E-state index contributed by atoms with van der Waals surface area (Å²) in [6.07, 6.45) is 1.58. The molecule has 3 N–H and O–H groups in total. The van der Waals surface area contributed by atoms with Gasteiger partial charge in [0.2, 0.25) is 5.91 Å². The van der Waals surface area contributed by atoms with Gasteiger partial charge in [-0.05, 0) is 18.1 Å². The highest BCUT2D eigenvalue weighted by atomic mass is 32.1. The highest BCUT2D eigenvalue weighted by molar-refractivity contribution is 7.09. The van der Waals surface area contributed by atoms with E-state index < -0.39 is 0 Å². The van der Waals surface area contributed by atoms with Crippen molar-refractivity contribution in [2.45, 2.75) is 32.9 Å². The lowest BCUT2D eigenvalue weighted by molar-refractivity contribution is -0.120. The fourth-order valence-corrected chi connectivity index (χ4v) is 2.77. The average molecular weight is 349 g/mol. The van der Waals surface area contributed by atoms with Crippen LogP contribution in [0.4, 0.5) is 0 Å². The standard InChI is InChI=1S/C16H23N5O2S/c1-11(2)13-10-24-15(21-13)9-20-16(17-3)19-8-14(22)18-7-12-5-4-6-23-12/h4-6,10-11H,7-9H2,1-3H3,(H,18,22)(H2,17,19,20). The number of carbonyl (C=O) groups excluding carboxylic acids is 1. The van der Waals surface area contributed by atoms with Crippen LogP contribution in [0.5, 0.6) is 0 Å². The van der Waals surface area contributed by atoms with E-state index in [0.717, 1.165) is 16.5 Å². The summed E-state index contributed by atoms with van der Waals surface area (Å²) in [4.78, 5) is 20.5. The summed E-state index contributed by atoms with van der Waals surface area (Å²) < 4.78 is 5.16. The molecule has 0 aromatic carbocycles. The Bertz CT molecular complexity index is 664. The highest BCUT2D eigenvalue weighted by Crippen LogP contribution is 2.17. The van der Waals surface area contributed by atoms with Gasteiger partial charge in [-0.25, -0.2) is 4.98 Å². The summed E-state index contributed by atoms with van der Waals surface area (Å²) in [6.45, 7) is 5.32. The smallest absolute Gasteiger partial charge is 0.239 e. The Morgan fingerprint density at radius 1 is 1.33 bits per heavy atom. The lowest BCUT2D eigenvalue weighted by atomic mass is 10.2. The van der Waals surface area contributed by atoms with Gasteiger partial charge in [-0.2, -0.15) is 0 Å². The van der Waals surface area contributed by atoms with Crippen LogP contribution in [0.1, 0.15) is 36.2 Å². The van der Waals surface area contributed by atoms with Crippen LogP contribution in [0, 0.1) is 0 Å². The molecule has 8 heteroatoms. The molecule has 0 unspecified atom stereocenters. The first-order valence-corrected chi connectivity index (χ1v) is 8.64. The predicted molar refractivity (Wildman–Crippen MR) is 95.0 cm³/mol. The van der Waals surface area contributed by atoms with Crippen molar-refractivity contribution in [3.05, 3.63) is 40.2 Å². The molecular formula is C16H23N5O2S. The Hall–Kier alpha value is -2.35. The van der Waals surface area contributed by atoms with E-state index in [1.807, 2.05) is 6.07 Å². The predicted octanol–water partition coefficient (Wildman–Crippen LogP) is 1.84. The van der Waals surface area contributed by atoms with Gasteiger partial charge in [0.15, 0.2) is 5.96 Å². The Balaban J connectivity index is 1.70. The van der Waals surface area contributed by atoms with E-state index in [2.05, 4.69) is 45.2 Å². The van der Waals surface area contributed by atoms with Gasteiger partial charge in [-0.3, -0.25) is 9.79 Å². The molecule has 7 nitrogen and oxygen atoms in total. The second kappa shape index (κ2) is 9.07. The number of hydrogen-bond acceptors (Lipinski definition) is 5. The third-order valence-corrected chi connectivity index (χ3v) is 4.12. The monoisotopic (exact) mass is 349 g/mol. The summed E-state index contributed by atoms with van der Waals surface area (Å²) in [5, 5.41) is 11.9. The number of guanidine groups is 1. The number of carbonyl (C=O) groups is 1. The van der Waals surface area contributed by atoms with E-state index in [1.165, 1.54) is 0 Å². The molecule has 2 heterocycles. The lowest BCUT2D eigenvalue weighted by Gasteiger charge is -2.10. The molecule has 1 amide bonds. The Kier molecular flexibility index (Phi) is 6.80. The van der Waals surface area contributed by atoms with Crippen molar-refractivity contribution in [1.29, 1.82) is 0 Å². The summed E-state index contributed by atoms with van der Waals surface area (Å²) in [5.74, 6) is 1.57. The summed E-state index contributed by atoms with van der Waals surface area (Å²) in [5.41, 5.74) is 1.09. The Morgan fingerprint density at radius 2 is 2.17 bits per heavy atom. The number of amides is 1. The van der Waals surface area contributed by atoms with Gasteiger partial charge in [-0.1, -0.05) is 13.8 Å². The zero-order valence-corrected chi connectivity index (χ0v) is 14.9. The molecule has 0 saturated heterocycles. The molecule has 0 aliphatic heterocycles. The number of aliphatic imine (C=N–C) groups is 1. The van der Waals surface area contributed by atoms with Crippen LogP contribution in [0.3, 0.4) is 0 Å². The summed E-state index contributed by atoms with van der Waals surface area (Å²) in [7, 11) is 1.66. The molecular weight excluding hydrogens is 326 g/mol. The van der Waals surface area contributed by atoms with E-state index >= 15 is 0 Å². The second-order valence-electron chi connectivity index (χ2n) is 5.46. The largest absolute Gasteiger partial charge is 0.467 e. The maximum atomic E-state index is 11.8. The molecule has 0 radical (unpaired) electrons. The molecule has 0 aliphatic carbocycles. The maximum Gasteiger partial charge on any atom is 0.239 e. The molecule has 2 rings (SSSR count). The minimum Gasteiger partial charge on any atom is -0.467 e. The van der Waals surface area contributed by atoms with Gasteiger partial charge in [0.25, 0.3) is 0 Å². The highest BCUT2D eigenvalue weighted by Gasteiger charge is 2.07. The van der Waals surface area contributed by atoms with E-state index in [1.54, 1.807) is 30.7 Å². The maximum absolute atomic E-state index is 11.8. The van der Waals surface area contributed by atoms with Crippen molar-refractivity contribution in [3.63, 3.8) is 0 Å². The molecule has 24 heavy (non-hydrogen) atoms. The fourth-order valence-electron chi connectivity index (χ4n) is 1.88. The van der Waals surface area contributed by atoms with Crippen LogP contribution in [-0.2, 0) is 17.9 Å². The molecule has 2 aromatic heterocycles. The topological polar surface area (TPSA) is 91.5 Å². The average Bonchev–Trinajstić information content (AvgIpc) is 3.24. The first-order valence-electron chi connectivity index (χ1n) is 7.76. The molecule has 0 atom stereocenters. The third kappa shape index (κ3) is 5.69. The summed E-state index contributed by atoms with van der Waals surface area (Å²) in [6, 6.07) is 3.60. The van der Waals surface area contributed by atoms with E-state index in [4.69, 9.17) is 4.42 Å².